The van der Waals surface area contributed by atoms with Gasteiger partial charge in [0.15, 0.2) is 17.3 Å². The second kappa shape index (κ2) is 8.06. The van der Waals surface area contributed by atoms with Crippen molar-refractivity contribution >= 4 is 28.8 Å². The second-order valence-electron chi connectivity index (χ2n) is 7.24. The Kier molecular flexibility index (Phi) is 5.06. The van der Waals surface area contributed by atoms with Crippen molar-refractivity contribution in [1.29, 1.82) is 0 Å². The lowest BCUT2D eigenvalue weighted by molar-refractivity contribution is 0.101. The number of amides is 1. The average molecular weight is 463 g/mol. The Morgan fingerprint density at radius 1 is 1.15 bits per heavy atom. The lowest BCUT2D eigenvalue weighted by atomic mass is 10.1. The van der Waals surface area contributed by atoms with Crippen LogP contribution < -0.4 is 5.32 Å². The van der Waals surface area contributed by atoms with Crippen LogP contribution in [0.1, 0.15) is 16.3 Å². The molecule has 11 heteroatoms. The van der Waals surface area contributed by atoms with E-state index in [4.69, 9.17) is 11.6 Å². The van der Waals surface area contributed by atoms with Crippen molar-refractivity contribution in [2.45, 2.75) is 6.92 Å². The SMILES string of the molecule is Cc1ncc(Cl)c(-c2cnn(C)c2C(=O)Nc2cc3nc(-c4ccccc4)nn3cc2F)n1. The Morgan fingerprint density at radius 2 is 1.94 bits per heavy atom. The molecule has 0 fully saturated rings. The molecule has 1 N–H and O–H groups in total. The number of anilines is 1. The average Bonchev–Trinajstić information content (AvgIpc) is 3.39. The maximum Gasteiger partial charge on any atom is 0.274 e. The van der Waals surface area contributed by atoms with Gasteiger partial charge in [0.25, 0.3) is 5.91 Å². The van der Waals surface area contributed by atoms with Gasteiger partial charge in [0.1, 0.15) is 11.5 Å². The molecule has 0 saturated carbocycles. The fourth-order valence-electron chi connectivity index (χ4n) is 3.41. The zero-order valence-corrected chi connectivity index (χ0v) is 18.2. The van der Waals surface area contributed by atoms with Gasteiger partial charge >= 0.3 is 0 Å². The van der Waals surface area contributed by atoms with Gasteiger partial charge in [-0.05, 0) is 6.92 Å². The number of carbonyl (C=O) groups is 1. The first-order valence-corrected chi connectivity index (χ1v) is 10.2. The number of benzene rings is 1. The summed E-state index contributed by atoms with van der Waals surface area (Å²) in [4.78, 5) is 25.9. The van der Waals surface area contributed by atoms with E-state index in [0.717, 1.165) is 5.56 Å². The number of rotatable bonds is 4. The molecule has 4 heterocycles. The maximum absolute atomic E-state index is 14.8. The minimum absolute atomic E-state index is 0.0448. The number of aryl methyl sites for hydroxylation is 2. The number of hydrogen-bond donors (Lipinski definition) is 1. The smallest absolute Gasteiger partial charge is 0.274 e. The van der Waals surface area contributed by atoms with Crippen molar-refractivity contribution in [3.63, 3.8) is 0 Å². The first-order valence-electron chi connectivity index (χ1n) is 9.85. The summed E-state index contributed by atoms with van der Waals surface area (Å²) in [6.45, 7) is 1.71. The fraction of sp³-hybridized carbons (Fsp3) is 0.0909. The first kappa shape index (κ1) is 20.7. The van der Waals surface area contributed by atoms with Crippen molar-refractivity contribution in [1.82, 2.24) is 34.3 Å². The van der Waals surface area contributed by atoms with Crippen LogP contribution in [0.2, 0.25) is 5.02 Å². The Morgan fingerprint density at radius 3 is 2.73 bits per heavy atom. The lowest BCUT2D eigenvalue weighted by Crippen LogP contribution is -2.18. The summed E-state index contributed by atoms with van der Waals surface area (Å²) in [5.41, 5.74) is 2.07. The minimum atomic E-state index is -0.667. The van der Waals surface area contributed by atoms with E-state index in [1.165, 1.54) is 33.9 Å². The van der Waals surface area contributed by atoms with E-state index >= 15 is 0 Å². The predicted molar refractivity (Wildman–Crippen MR) is 120 cm³/mol. The first-order chi connectivity index (χ1) is 15.9. The highest BCUT2D eigenvalue weighted by Crippen LogP contribution is 2.29. The quantitative estimate of drug-likeness (QED) is 0.434. The molecule has 0 saturated heterocycles. The Balaban J connectivity index is 1.51. The van der Waals surface area contributed by atoms with Crippen molar-refractivity contribution < 1.29 is 9.18 Å². The molecule has 5 aromatic rings. The van der Waals surface area contributed by atoms with Crippen molar-refractivity contribution in [2.24, 2.45) is 7.05 Å². The number of nitrogens with one attached hydrogen (secondary N) is 1. The highest BCUT2D eigenvalue weighted by molar-refractivity contribution is 6.33. The normalized spacial score (nSPS) is 11.2. The number of fused-ring (bicyclic) bond motifs is 1. The molecule has 0 aliphatic carbocycles. The van der Waals surface area contributed by atoms with Gasteiger partial charge in [-0.2, -0.15) is 5.10 Å². The van der Waals surface area contributed by atoms with Gasteiger partial charge in [0, 0.05) is 24.9 Å². The minimum Gasteiger partial charge on any atom is -0.318 e. The number of carbonyl (C=O) groups excluding carboxylic acids is 1. The zero-order chi connectivity index (χ0) is 23.1. The van der Waals surface area contributed by atoms with E-state index < -0.39 is 11.7 Å². The number of nitrogens with zero attached hydrogens (tertiary/aromatic N) is 7. The van der Waals surface area contributed by atoms with E-state index in [0.29, 0.717) is 28.6 Å². The van der Waals surface area contributed by atoms with Crippen LogP contribution >= 0.6 is 11.6 Å². The molecule has 0 aliphatic heterocycles. The molecule has 0 unspecified atom stereocenters. The summed E-state index contributed by atoms with van der Waals surface area (Å²) in [5, 5.41) is 11.3. The van der Waals surface area contributed by atoms with E-state index in [9.17, 15) is 9.18 Å². The van der Waals surface area contributed by atoms with Crippen LogP contribution in [0.25, 0.3) is 28.3 Å². The van der Waals surface area contributed by atoms with E-state index in [1.54, 1.807) is 14.0 Å². The molecule has 5 rings (SSSR count). The van der Waals surface area contributed by atoms with Crippen LogP contribution in [0.5, 0.6) is 0 Å². The third-order valence-corrected chi connectivity index (χ3v) is 5.25. The molecule has 0 aliphatic rings. The third kappa shape index (κ3) is 3.80. The van der Waals surface area contributed by atoms with Gasteiger partial charge in [-0.15, -0.1) is 5.10 Å². The summed E-state index contributed by atoms with van der Waals surface area (Å²) in [6, 6.07) is 10.8. The largest absolute Gasteiger partial charge is 0.318 e. The van der Waals surface area contributed by atoms with Crippen LogP contribution in [0.15, 0.2) is 55.0 Å². The van der Waals surface area contributed by atoms with Crippen LogP contribution in [-0.2, 0) is 7.05 Å². The molecule has 4 aromatic heterocycles. The third-order valence-electron chi connectivity index (χ3n) is 4.98. The highest BCUT2D eigenvalue weighted by atomic mass is 35.5. The molecule has 1 aromatic carbocycles. The van der Waals surface area contributed by atoms with Crippen LogP contribution in [0.3, 0.4) is 0 Å². The van der Waals surface area contributed by atoms with Gasteiger partial charge in [-0.1, -0.05) is 41.9 Å². The van der Waals surface area contributed by atoms with Crippen LogP contribution in [0.4, 0.5) is 10.1 Å². The summed E-state index contributed by atoms with van der Waals surface area (Å²) in [5.74, 6) is -0.313. The Hall–Kier alpha value is -4.18. The standard InChI is InChI=1S/C22H16ClFN8O/c1-12-25-10-15(23)19(27-12)14-9-26-31(2)20(14)22(33)28-17-8-18-29-21(13-6-4-3-5-7-13)30-32(18)11-16(17)24/h3-11H,1-2H3,(H,28,33). The molecule has 0 atom stereocenters. The van der Waals surface area contributed by atoms with Crippen molar-refractivity contribution in [3.8, 4) is 22.6 Å². The number of pyridine rings is 1. The molecule has 1 amide bonds. The number of hydrogen-bond acceptors (Lipinski definition) is 6. The molecule has 33 heavy (non-hydrogen) atoms. The fourth-order valence-corrected chi connectivity index (χ4v) is 3.61. The van der Waals surface area contributed by atoms with Gasteiger partial charge in [-0.3, -0.25) is 9.48 Å². The van der Waals surface area contributed by atoms with Crippen LogP contribution in [-0.4, -0.2) is 40.3 Å². The van der Waals surface area contributed by atoms with E-state index in [1.807, 2.05) is 30.3 Å². The predicted octanol–water partition coefficient (Wildman–Crippen LogP) is 3.94. The van der Waals surface area contributed by atoms with Crippen LogP contribution in [0, 0.1) is 12.7 Å². The van der Waals surface area contributed by atoms with Gasteiger partial charge in [-0.25, -0.2) is 23.9 Å². The molecule has 164 valence electrons. The summed E-state index contributed by atoms with van der Waals surface area (Å²) >= 11 is 6.25. The molecule has 9 nitrogen and oxygen atoms in total. The van der Waals surface area contributed by atoms with Crippen molar-refractivity contribution in [2.75, 3.05) is 5.32 Å². The van der Waals surface area contributed by atoms with Crippen molar-refractivity contribution in [3.05, 3.63) is 77.3 Å². The number of halogens is 2. The van der Waals surface area contributed by atoms with Gasteiger partial charge in [0.2, 0.25) is 0 Å². The van der Waals surface area contributed by atoms with Gasteiger partial charge in [0.05, 0.1) is 34.4 Å². The molecule has 0 radical (unpaired) electrons. The number of aromatic nitrogens is 7. The molecular formula is C22H16ClFN8O. The highest BCUT2D eigenvalue weighted by Gasteiger charge is 2.23. The maximum atomic E-state index is 14.8. The second-order valence-corrected chi connectivity index (χ2v) is 7.64. The zero-order valence-electron chi connectivity index (χ0n) is 17.5. The van der Waals surface area contributed by atoms with E-state index in [2.05, 4.69) is 30.5 Å². The molecule has 0 bridgehead atoms. The summed E-state index contributed by atoms with van der Waals surface area (Å²) in [7, 11) is 1.60. The Bertz CT molecular complexity index is 1510. The van der Waals surface area contributed by atoms with E-state index in [-0.39, 0.29) is 16.4 Å². The molecule has 0 spiro atoms. The monoisotopic (exact) mass is 462 g/mol. The van der Waals surface area contributed by atoms with Gasteiger partial charge < -0.3 is 5.32 Å². The lowest BCUT2D eigenvalue weighted by Gasteiger charge is -2.09. The topological polar surface area (TPSA) is 103 Å². The summed E-state index contributed by atoms with van der Waals surface area (Å²) < 4.78 is 17.5. The summed E-state index contributed by atoms with van der Waals surface area (Å²) in [6.07, 6.45) is 4.10. The Labute approximate surface area is 191 Å². The molecular weight excluding hydrogens is 447 g/mol.